The van der Waals surface area contributed by atoms with Gasteiger partial charge in [0.1, 0.15) is 5.75 Å². The fourth-order valence-electron chi connectivity index (χ4n) is 1.01. The van der Waals surface area contributed by atoms with Gasteiger partial charge >= 0.3 is 0 Å². The lowest BCUT2D eigenvalue weighted by molar-refractivity contribution is 0.195. The van der Waals surface area contributed by atoms with Crippen LogP contribution in [0.2, 0.25) is 0 Å². The Bertz CT molecular complexity index is 254. The molecule has 2 heteroatoms. The third-order valence-corrected chi connectivity index (χ3v) is 1.63. The zero-order valence-corrected chi connectivity index (χ0v) is 6.70. The van der Waals surface area contributed by atoms with Gasteiger partial charge < -0.3 is 10.2 Å². The van der Waals surface area contributed by atoms with Crippen LogP contribution in [-0.4, -0.2) is 10.2 Å². The average molecular weight is 152 g/mol. The molecule has 1 rings (SSSR count). The highest BCUT2D eigenvalue weighted by molar-refractivity contribution is 5.36. The highest BCUT2D eigenvalue weighted by Crippen LogP contribution is 2.24. The van der Waals surface area contributed by atoms with Crippen molar-refractivity contribution in [1.29, 1.82) is 0 Å². The summed E-state index contributed by atoms with van der Waals surface area (Å²) in [4.78, 5) is 0. The Morgan fingerprint density at radius 3 is 2.45 bits per heavy atom. The van der Waals surface area contributed by atoms with Gasteiger partial charge in [0.2, 0.25) is 0 Å². The van der Waals surface area contributed by atoms with Gasteiger partial charge in [-0.2, -0.15) is 0 Å². The van der Waals surface area contributed by atoms with E-state index in [2.05, 4.69) is 0 Å². The first-order chi connectivity index (χ1) is 5.11. The van der Waals surface area contributed by atoms with Crippen molar-refractivity contribution in [3.05, 3.63) is 29.3 Å². The lowest BCUT2D eigenvalue weighted by Gasteiger charge is -2.07. The molecule has 2 nitrogen and oxygen atoms in total. The topological polar surface area (TPSA) is 40.5 Å². The fourth-order valence-corrected chi connectivity index (χ4v) is 1.01. The Morgan fingerprint density at radius 1 is 1.36 bits per heavy atom. The smallest absolute Gasteiger partial charge is 0.121 e. The lowest BCUT2D eigenvalue weighted by Crippen LogP contribution is -1.91. The molecular formula is C9H12O2. The van der Waals surface area contributed by atoms with Gasteiger partial charge in [-0.3, -0.25) is 0 Å². The van der Waals surface area contributed by atoms with Crippen LogP contribution >= 0.6 is 0 Å². The Hall–Kier alpha value is -1.02. The largest absolute Gasteiger partial charge is 0.508 e. The molecule has 1 aromatic carbocycles. The Kier molecular flexibility index (Phi) is 2.15. The van der Waals surface area contributed by atoms with Gasteiger partial charge in [0, 0.05) is 5.56 Å². The lowest BCUT2D eigenvalue weighted by atomic mass is 10.1. The fraction of sp³-hybridized carbons (Fsp3) is 0.333. The number of hydrogen-bond acceptors (Lipinski definition) is 2. The quantitative estimate of drug-likeness (QED) is 0.643. The summed E-state index contributed by atoms with van der Waals surface area (Å²) in [5, 5.41) is 18.4. The second kappa shape index (κ2) is 2.93. The maximum atomic E-state index is 9.25. The maximum Gasteiger partial charge on any atom is 0.121 e. The molecule has 0 aliphatic heterocycles. The van der Waals surface area contributed by atoms with Gasteiger partial charge in [-0.05, 0) is 26.0 Å². The van der Waals surface area contributed by atoms with Crippen LogP contribution in [0.4, 0.5) is 0 Å². The first-order valence-corrected chi connectivity index (χ1v) is 3.59. The molecule has 0 saturated heterocycles. The number of aromatic hydroxyl groups is 1. The van der Waals surface area contributed by atoms with E-state index in [0.717, 1.165) is 5.56 Å². The Morgan fingerprint density at radius 2 is 2.00 bits per heavy atom. The summed E-state index contributed by atoms with van der Waals surface area (Å²) in [5.74, 6) is 0.158. The first kappa shape index (κ1) is 8.08. The second-order valence-corrected chi connectivity index (χ2v) is 2.74. The molecule has 0 fully saturated rings. The SMILES string of the molecule is Cc1ccc(O)c(C(C)O)c1. The molecule has 1 unspecified atom stereocenters. The van der Waals surface area contributed by atoms with Crippen molar-refractivity contribution in [1.82, 2.24) is 0 Å². The number of rotatable bonds is 1. The summed E-state index contributed by atoms with van der Waals surface area (Å²) in [6.07, 6.45) is -0.602. The summed E-state index contributed by atoms with van der Waals surface area (Å²) >= 11 is 0. The highest BCUT2D eigenvalue weighted by atomic mass is 16.3. The van der Waals surface area contributed by atoms with Gasteiger partial charge in [-0.25, -0.2) is 0 Å². The van der Waals surface area contributed by atoms with Crippen molar-refractivity contribution in [2.75, 3.05) is 0 Å². The molecule has 0 aromatic heterocycles. The minimum absolute atomic E-state index is 0.158. The molecule has 0 amide bonds. The van der Waals surface area contributed by atoms with E-state index >= 15 is 0 Å². The van der Waals surface area contributed by atoms with Crippen molar-refractivity contribution in [3.8, 4) is 5.75 Å². The minimum atomic E-state index is -0.602. The van der Waals surface area contributed by atoms with Crippen LogP contribution in [-0.2, 0) is 0 Å². The molecule has 11 heavy (non-hydrogen) atoms. The number of benzene rings is 1. The maximum absolute atomic E-state index is 9.25. The van der Waals surface area contributed by atoms with Crippen molar-refractivity contribution < 1.29 is 10.2 Å². The summed E-state index contributed by atoms with van der Waals surface area (Å²) in [6.45, 7) is 3.56. The monoisotopic (exact) mass is 152 g/mol. The molecule has 1 aromatic rings. The average Bonchev–Trinajstić information content (AvgIpc) is 1.94. The van der Waals surface area contributed by atoms with E-state index < -0.39 is 6.10 Å². The van der Waals surface area contributed by atoms with Crippen molar-refractivity contribution in [3.63, 3.8) is 0 Å². The van der Waals surface area contributed by atoms with E-state index in [-0.39, 0.29) is 5.75 Å². The van der Waals surface area contributed by atoms with Gasteiger partial charge in [0.15, 0.2) is 0 Å². The third kappa shape index (κ3) is 1.71. The molecule has 0 aliphatic rings. The van der Waals surface area contributed by atoms with E-state index in [9.17, 15) is 5.11 Å². The van der Waals surface area contributed by atoms with Crippen LogP contribution < -0.4 is 0 Å². The van der Waals surface area contributed by atoms with Crippen LogP contribution in [0.1, 0.15) is 24.2 Å². The normalized spacial score (nSPS) is 13.0. The predicted octanol–water partition coefficient (Wildman–Crippen LogP) is 1.75. The number of aliphatic hydroxyl groups excluding tert-OH is 1. The summed E-state index contributed by atoms with van der Waals surface area (Å²) in [6, 6.07) is 5.18. The van der Waals surface area contributed by atoms with E-state index in [1.54, 1.807) is 25.1 Å². The summed E-state index contributed by atoms with van der Waals surface area (Å²) in [5.41, 5.74) is 1.63. The summed E-state index contributed by atoms with van der Waals surface area (Å²) < 4.78 is 0. The number of hydrogen-bond donors (Lipinski definition) is 2. The molecule has 60 valence electrons. The van der Waals surface area contributed by atoms with Crippen LogP contribution in [0.5, 0.6) is 5.75 Å². The molecule has 0 spiro atoms. The standard InChI is InChI=1S/C9H12O2/c1-6-3-4-9(11)8(5-6)7(2)10/h3-5,7,10-11H,1-2H3. The second-order valence-electron chi connectivity index (χ2n) is 2.74. The van der Waals surface area contributed by atoms with E-state index in [0.29, 0.717) is 5.56 Å². The number of phenols is 1. The number of aliphatic hydroxyl groups is 1. The first-order valence-electron chi connectivity index (χ1n) is 3.59. The van der Waals surface area contributed by atoms with Crippen LogP contribution in [0, 0.1) is 6.92 Å². The molecule has 0 heterocycles. The molecule has 1 atom stereocenters. The van der Waals surface area contributed by atoms with E-state index in [1.165, 1.54) is 0 Å². The molecule has 0 radical (unpaired) electrons. The summed E-state index contributed by atoms with van der Waals surface area (Å²) in [7, 11) is 0. The molecule has 0 saturated carbocycles. The Balaban J connectivity index is 3.13. The van der Waals surface area contributed by atoms with Gasteiger partial charge in [-0.1, -0.05) is 11.6 Å². The minimum Gasteiger partial charge on any atom is -0.508 e. The van der Waals surface area contributed by atoms with Gasteiger partial charge in [-0.15, -0.1) is 0 Å². The van der Waals surface area contributed by atoms with Crippen molar-refractivity contribution >= 4 is 0 Å². The molecule has 0 aliphatic carbocycles. The molecule has 0 bridgehead atoms. The number of phenolic OH excluding ortho intramolecular Hbond substituents is 1. The Labute approximate surface area is 66.1 Å². The van der Waals surface area contributed by atoms with Crippen LogP contribution in [0.25, 0.3) is 0 Å². The zero-order chi connectivity index (χ0) is 8.43. The number of aryl methyl sites for hydroxylation is 1. The molecular weight excluding hydrogens is 140 g/mol. The zero-order valence-electron chi connectivity index (χ0n) is 6.70. The van der Waals surface area contributed by atoms with Gasteiger partial charge in [0.05, 0.1) is 6.10 Å². The van der Waals surface area contributed by atoms with Crippen LogP contribution in [0.3, 0.4) is 0 Å². The third-order valence-electron chi connectivity index (χ3n) is 1.63. The molecule has 2 N–H and O–H groups in total. The van der Waals surface area contributed by atoms with Crippen LogP contribution in [0.15, 0.2) is 18.2 Å². The van der Waals surface area contributed by atoms with Crippen molar-refractivity contribution in [2.45, 2.75) is 20.0 Å². The highest BCUT2D eigenvalue weighted by Gasteiger charge is 2.05. The van der Waals surface area contributed by atoms with E-state index in [1.807, 2.05) is 6.92 Å². The van der Waals surface area contributed by atoms with Gasteiger partial charge in [0.25, 0.3) is 0 Å². The van der Waals surface area contributed by atoms with E-state index in [4.69, 9.17) is 5.11 Å². The predicted molar refractivity (Wildman–Crippen MR) is 43.5 cm³/mol. The van der Waals surface area contributed by atoms with Crippen molar-refractivity contribution in [2.24, 2.45) is 0 Å².